The van der Waals surface area contributed by atoms with Crippen molar-refractivity contribution in [1.82, 2.24) is 0 Å². The fraction of sp³-hybridized carbons (Fsp3) is 0.133. The molecule has 0 saturated heterocycles. The van der Waals surface area contributed by atoms with Crippen molar-refractivity contribution >= 4 is 33.5 Å². The van der Waals surface area contributed by atoms with Gasteiger partial charge in [-0.05, 0) is 37.3 Å². The molecule has 8 heteroatoms. The highest BCUT2D eigenvalue weighted by molar-refractivity contribution is 9.10. The number of benzene rings is 2. The number of hydrogen-bond acceptors (Lipinski definition) is 6. The Balaban J connectivity index is 2.22. The summed E-state index contributed by atoms with van der Waals surface area (Å²) in [5, 5.41) is 24.8. The second-order valence-electron chi connectivity index (χ2n) is 4.45. The molecule has 0 atom stereocenters. The maximum atomic E-state index is 11.0. The first kappa shape index (κ1) is 16.8. The number of nitrogens with one attached hydrogen (secondary N) is 1. The summed E-state index contributed by atoms with van der Waals surface area (Å²) in [4.78, 5) is 10.3. The van der Waals surface area contributed by atoms with Gasteiger partial charge in [0.15, 0.2) is 5.75 Å². The van der Waals surface area contributed by atoms with E-state index in [1.807, 2.05) is 24.3 Å². The smallest absolute Gasteiger partial charge is 0.315 e. The third kappa shape index (κ3) is 4.43. The van der Waals surface area contributed by atoms with Crippen molar-refractivity contribution in [3.63, 3.8) is 0 Å². The van der Waals surface area contributed by atoms with Crippen LogP contribution in [0.15, 0.2) is 46.0 Å². The molecule has 0 aliphatic rings. The summed E-state index contributed by atoms with van der Waals surface area (Å²) in [6.07, 6.45) is 1.41. The molecule has 0 fully saturated rings. The number of phenols is 1. The molecule has 0 unspecified atom stereocenters. The van der Waals surface area contributed by atoms with Gasteiger partial charge in [0, 0.05) is 16.1 Å². The van der Waals surface area contributed by atoms with Crippen LogP contribution in [-0.4, -0.2) is 22.9 Å². The van der Waals surface area contributed by atoms with Crippen molar-refractivity contribution in [3.8, 4) is 11.5 Å². The summed E-state index contributed by atoms with van der Waals surface area (Å²) in [6.45, 7) is 2.00. The predicted molar refractivity (Wildman–Crippen MR) is 91.3 cm³/mol. The van der Waals surface area contributed by atoms with E-state index in [4.69, 9.17) is 4.74 Å². The van der Waals surface area contributed by atoms with Crippen molar-refractivity contribution in [2.75, 3.05) is 12.0 Å². The number of hydrazone groups is 1. The van der Waals surface area contributed by atoms with Gasteiger partial charge in [-0.25, -0.2) is 0 Å². The molecule has 2 aromatic carbocycles. The summed E-state index contributed by atoms with van der Waals surface area (Å²) in [7, 11) is 0. The Morgan fingerprint density at radius 3 is 2.70 bits per heavy atom. The van der Waals surface area contributed by atoms with Crippen molar-refractivity contribution in [1.29, 1.82) is 0 Å². The molecule has 0 radical (unpaired) electrons. The van der Waals surface area contributed by atoms with Crippen molar-refractivity contribution in [2.24, 2.45) is 5.10 Å². The van der Waals surface area contributed by atoms with Crippen LogP contribution in [0.2, 0.25) is 0 Å². The fourth-order valence-corrected chi connectivity index (χ4v) is 2.06. The van der Waals surface area contributed by atoms with Crippen LogP contribution in [0.25, 0.3) is 0 Å². The third-order valence-corrected chi connectivity index (χ3v) is 3.35. The number of halogens is 1. The second kappa shape index (κ2) is 7.59. The zero-order valence-electron chi connectivity index (χ0n) is 12.2. The average molecular weight is 380 g/mol. The van der Waals surface area contributed by atoms with Gasteiger partial charge in [0.05, 0.1) is 23.4 Å². The number of aromatic hydroxyl groups is 1. The van der Waals surface area contributed by atoms with Crippen LogP contribution in [0, 0.1) is 10.1 Å². The van der Waals surface area contributed by atoms with Gasteiger partial charge in [-0.3, -0.25) is 15.5 Å². The molecular formula is C15H14BrN3O4. The first-order valence-corrected chi connectivity index (χ1v) is 7.49. The largest absolute Gasteiger partial charge is 0.500 e. The molecule has 0 aliphatic carbocycles. The van der Waals surface area contributed by atoms with E-state index in [2.05, 4.69) is 26.5 Å². The number of nitro benzene ring substituents is 1. The Hall–Kier alpha value is -2.61. The molecule has 0 aliphatic heterocycles. The molecule has 0 spiro atoms. The standard InChI is InChI=1S/C15H14BrN3O4/c1-2-23-14-8-10(7-13(15(14)20)19(21)22)9-17-18-12-5-3-11(16)4-6-12/h3-9,18,20H,2H2,1H3/b17-9-. The van der Waals surface area contributed by atoms with Crippen LogP contribution in [0.1, 0.15) is 12.5 Å². The average Bonchev–Trinajstić information content (AvgIpc) is 2.52. The molecule has 0 heterocycles. The fourth-order valence-electron chi connectivity index (χ4n) is 1.80. The number of ether oxygens (including phenoxy) is 1. The van der Waals surface area contributed by atoms with Gasteiger partial charge < -0.3 is 9.84 Å². The lowest BCUT2D eigenvalue weighted by Crippen LogP contribution is -1.98. The highest BCUT2D eigenvalue weighted by Gasteiger charge is 2.19. The number of anilines is 1. The summed E-state index contributed by atoms with van der Waals surface area (Å²) in [6, 6.07) is 10.1. The quantitative estimate of drug-likeness (QED) is 0.450. The molecule has 120 valence electrons. The highest BCUT2D eigenvalue weighted by atomic mass is 79.9. The van der Waals surface area contributed by atoms with Crippen LogP contribution in [0.3, 0.4) is 0 Å². The lowest BCUT2D eigenvalue weighted by Gasteiger charge is -2.07. The van der Waals surface area contributed by atoms with Crippen LogP contribution >= 0.6 is 15.9 Å². The summed E-state index contributed by atoms with van der Waals surface area (Å²) in [5.74, 6) is -0.443. The first-order valence-electron chi connectivity index (χ1n) is 6.70. The van der Waals surface area contributed by atoms with E-state index >= 15 is 0 Å². The van der Waals surface area contributed by atoms with E-state index in [1.165, 1.54) is 18.3 Å². The van der Waals surface area contributed by atoms with Gasteiger partial charge in [-0.1, -0.05) is 15.9 Å². The number of phenolic OH excluding ortho intramolecular Hbond substituents is 1. The molecule has 2 aromatic rings. The lowest BCUT2D eigenvalue weighted by molar-refractivity contribution is -0.386. The van der Waals surface area contributed by atoms with Crippen molar-refractivity contribution < 1.29 is 14.8 Å². The van der Waals surface area contributed by atoms with Gasteiger partial charge >= 0.3 is 5.69 Å². The summed E-state index contributed by atoms with van der Waals surface area (Å²) >= 11 is 3.33. The molecular weight excluding hydrogens is 366 g/mol. The minimum absolute atomic E-state index is 0.0480. The topological polar surface area (TPSA) is 97.0 Å². The molecule has 0 aromatic heterocycles. The molecule has 2 rings (SSSR count). The van der Waals surface area contributed by atoms with Crippen LogP contribution in [-0.2, 0) is 0 Å². The maximum Gasteiger partial charge on any atom is 0.315 e. The number of nitrogens with zero attached hydrogens (tertiary/aromatic N) is 2. The minimum Gasteiger partial charge on any atom is -0.500 e. The maximum absolute atomic E-state index is 11.0. The lowest BCUT2D eigenvalue weighted by atomic mass is 10.2. The normalized spacial score (nSPS) is 10.7. The van der Waals surface area contributed by atoms with E-state index in [9.17, 15) is 15.2 Å². The van der Waals surface area contributed by atoms with E-state index in [0.29, 0.717) is 5.56 Å². The SMILES string of the molecule is CCOc1cc(/C=N\Nc2ccc(Br)cc2)cc([N+](=O)[O-])c1O. The van der Waals surface area contributed by atoms with Gasteiger partial charge in [0.1, 0.15) is 0 Å². The van der Waals surface area contributed by atoms with E-state index in [-0.39, 0.29) is 12.4 Å². The van der Waals surface area contributed by atoms with Gasteiger partial charge in [-0.2, -0.15) is 5.10 Å². The Kier molecular flexibility index (Phi) is 5.53. The van der Waals surface area contributed by atoms with Gasteiger partial charge in [0.2, 0.25) is 5.75 Å². The highest BCUT2D eigenvalue weighted by Crippen LogP contribution is 2.36. The molecule has 7 nitrogen and oxygen atoms in total. The Bertz CT molecular complexity index is 732. The summed E-state index contributed by atoms with van der Waals surface area (Å²) < 4.78 is 6.15. The summed E-state index contributed by atoms with van der Waals surface area (Å²) in [5.41, 5.74) is 3.58. The first-order chi connectivity index (χ1) is 11.0. The van der Waals surface area contributed by atoms with Crippen molar-refractivity contribution in [3.05, 3.63) is 56.5 Å². The van der Waals surface area contributed by atoms with Gasteiger partial charge in [-0.15, -0.1) is 0 Å². The molecule has 2 N–H and O–H groups in total. The number of rotatable bonds is 6. The molecule has 23 heavy (non-hydrogen) atoms. The Morgan fingerprint density at radius 2 is 2.09 bits per heavy atom. The molecule has 0 saturated carbocycles. The Morgan fingerprint density at radius 1 is 1.39 bits per heavy atom. The van der Waals surface area contributed by atoms with E-state index in [0.717, 1.165) is 10.2 Å². The molecule has 0 amide bonds. The van der Waals surface area contributed by atoms with Gasteiger partial charge in [0.25, 0.3) is 0 Å². The van der Waals surface area contributed by atoms with Crippen LogP contribution in [0.4, 0.5) is 11.4 Å². The Labute approximate surface area is 140 Å². The number of nitro groups is 1. The number of hydrogen-bond donors (Lipinski definition) is 2. The van der Waals surface area contributed by atoms with Crippen molar-refractivity contribution in [2.45, 2.75) is 6.92 Å². The zero-order valence-corrected chi connectivity index (χ0v) is 13.8. The minimum atomic E-state index is -0.669. The van der Waals surface area contributed by atoms with E-state index < -0.39 is 16.4 Å². The van der Waals surface area contributed by atoms with Crippen LogP contribution in [0.5, 0.6) is 11.5 Å². The van der Waals surface area contributed by atoms with E-state index in [1.54, 1.807) is 6.92 Å². The van der Waals surface area contributed by atoms with Crippen LogP contribution < -0.4 is 10.2 Å². The molecule has 0 bridgehead atoms. The third-order valence-electron chi connectivity index (χ3n) is 2.83. The monoisotopic (exact) mass is 379 g/mol. The second-order valence-corrected chi connectivity index (χ2v) is 5.37. The zero-order chi connectivity index (χ0) is 16.8. The predicted octanol–water partition coefficient (Wildman–Crippen LogP) is 3.91.